The smallest absolute Gasteiger partial charge is 0.357 e. The molecule has 1 saturated heterocycles. The number of β-lactam (4-membered cyclic amide) rings is 1. The van der Waals surface area contributed by atoms with Crippen LogP contribution in [-0.4, -0.2) is 76.3 Å². The van der Waals surface area contributed by atoms with Crippen molar-refractivity contribution in [3.8, 4) is 0 Å². The van der Waals surface area contributed by atoms with Crippen LogP contribution in [0.4, 0.5) is 5.13 Å². The molecule has 0 radical (unpaired) electrons. The second-order valence-electron chi connectivity index (χ2n) is 8.88. The first-order valence-corrected chi connectivity index (χ1v) is 13.1. The van der Waals surface area contributed by atoms with Crippen LogP contribution in [0, 0.1) is 5.41 Å². The fraction of sp³-hybridized carbons (Fsp3) is 0.500. The number of anilines is 1. The van der Waals surface area contributed by atoms with E-state index in [9.17, 15) is 24.0 Å². The number of thiazole rings is 1. The summed E-state index contributed by atoms with van der Waals surface area (Å²) in [7, 11) is 0. The maximum atomic E-state index is 13.0. The monoisotopic (exact) mass is 553 g/mol. The molecule has 1 aromatic rings. The van der Waals surface area contributed by atoms with Crippen LogP contribution in [0.5, 0.6) is 0 Å². The fourth-order valence-electron chi connectivity index (χ4n) is 3.23. The minimum Gasteiger partial charge on any atom is -0.427 e. The highest BCUT2D eigenvalue weighted by Gasteiger charge is 2.54. The summed E-state index contributed by atoms with van der Waals surface area (Å²) in [6.07, 6.45) is 0.455. The van der Waals surface area contributed by atoms with Gasteiger partial charge in [-0.25, -0.2) is 9.78 Å². The molecule has 2 aliphatic rings. The Hall–Kier alpha value is -3.46. The lowest BCUT2D eigenvalue weighted by molar-refractivity contribution is -0.173. The molecule has 0 saturated carbocycles. The Morgan fingerprint density at radius 3 is 2.68 bits per heavy atom. The lowest BCUT2D eigenvalue weighted by Crippen LogP contribution is -2.71. The van der Waals surface area contributed by atoms with Gasteiger partial charge in [-0.3, -0.25) is 24.1 Å². The molecule has 2 atom stereocenters. The van der Waals surface area contributed by atoms with Crippen molar-refractivity contribution in [2.45, 2.75) is 46.0 Å². The van der Waals surface area contributed by atoms with Gasteiger partial charge in [0, 0.05) is 11.1 Å². The van der Waals surface area contributed by atoms with Gasteiger partial charge in [-0.05, 0) is 40.2 Å². The van der Waals surface area contributed by atoms with Crippen LogP contribution in [0.2, 0.25) is 0 Å². The predicted molar refractivity (Wildman–Crippen MR) is 134 cm³/mol. The topological polar surface area (TPSA) is 166 Å². The molecule has 3 rings (SSSR count). The summed E-state index contributed by atoms with van der Waals surface area (Å²) in [5, 5.41) is 10.1. The van der Waals surface area contributed by atoms with Gasteiger partial charge < -0.3 is 24.9 Å². The van der Waals surface area contributed by atoms with Crippen molar-refractivity contribution in [2.75, 3.05) is 24.5 Å². The number of nitrogens with zero attached hydrogens (tertiary/aromatic N) is 3. The zero-order valence-corrected chi connectivity index (χ0v) is 22.5. The maximum Gasteiger partial charge on any atom is 0.357 e. The summed E-state index contributed by atoms with van der Waals surface area (Å²) in [5.41, 5.74) is -0.107. The molecule has 0 spiro atoms. The third kappa shape index (κ3) is 6.28. The Bertz CT molecular complexity index is 1160. The number of aromatic nitrogens is 1. The minimum atomic E-state index is -0.940. The molecular formula is C22H27N5O8S2. The molecule has 0 aromatic carbocycles. The van der Waals surface area contributed by atoms with E-state index in [4.69, 9.17) is 14.3 Å². The summed E-state index contributed by atoms with van der Waals surface area (Å²) in [6.45, 7) is 7.98. The van der Waals surface area contributed by atoms with Crippen molar-refractivity contribution in [2.24, 2.45) is 10.6 Å². The molecule has 3 heterocycles. The number of rotatable bonds is 10. The van der Waals surface area contributed by atoms with Crippen LogP contribution in [0.3, 0.4) is 0 Å². The number of oxime groups is 1. The lowest BCUT2D eigenvalue weighted by atomic mass is 9.98. The first kappa shape index (κ1) is 28.1. The van der Waals surface area contributed by atoms with E-state index in [-0.39, 0.29) is 28.8 Å². The second kappa shape index (κ2) is 11.7. The SMILES string of the molecule is CCON=C(C(=O)NC1C(=O)N2C(C(=O)OCOC(=O)C(C)(C)C)=C(C)CS[C@@H]12)c1csc(NC=O)n1. The van der Waals surface area contributed by atoms with E-state index < -0.39 is 47.4 Å². The Morgan fingerprint density at radius 1 is 1.30 bits per heavy atom. The molecule has 37 heavy (non-hydrogen) atoms. The highest BCUT2D eigenvalue weighted by Crippen LogP contribution is 2.40. The first-order valence-electron chi connectivity index (χ1n) is 11.1. The van der Waals surface area contributed by atoms with Gasteiger partial charge in [0.25, 0.3) is 11.8 Å². The summed E-state index contributed by atoms with van der Waals surface area (Å²) < 4.78 is 10.1. The molecule has 1 fully saturated rings. The highest BCUT2D eigenvalue weighted by molar-refractivity contribution is 8.00. The normalized spacial score (nSPS) is 19.4. The third-order valence-corrected chi connectivity index (χ3v) is 7.26. The van der Waals surface area contributed by atoms with Crippen LogP contribution in [0.15, 0.2) is 21.8 Å². The molecule has 1 unspecified atom stereocenters. The van der Waals surface area contributed by atoms with Crippen molar-refractivity contribution in [1.29, 1.82) is 0 Å². The average molecular weight is 554 g/mol. The summed E-state index contributed by atoms with van der Waals surface area (Å²) in [5.74, 6) is -2.15. The van der Waals surface area contributed by atoms with Gasteiger partial charge in [-0.2, -0.15) is 0 Å². The number of nitrogens with one attached hydrogen (secondary N) is 2. The van der Waals surface area contributed by atoms with Gasteiger partial charge in [-0.15, -0.1) is 23.1 Å². The average Bonchev–Trinajstić information content (AvgIpc) is 3.30. The zero-order valence-electron chi connectivity index (χ0n) is 20.9. The van der Waals surface area contributed by atoms with Crippen LogP contribution in [-0.2, 0) is 38.3 Å². The van der Waals surface area contributed by atoms with E-state index in [2.05, 4.69) is 20.8 Å². The number of esters is 2. The van der Waals surface area contributed by atoms with E-state index in [1.807, 2.05) is 0 Å². The zero-order chi connectivity index (χ0) is 27.3. The summed E-state index contributed by atoms with van der Waals surface area (Å²) in [4.78, 5) is 71.8. The van der Waals surface area contributed by atoms with Gasteiger partial charge in [0.2, 0.25) is 13.2 Å². The lowest BCUT2D eigenvalue weighted by Gasteiger charge is -2.49. The molecule has 0 aliphatic carbocycles. The highest BCUT2D eigenvalue weighted by atomic mass is 32.2. The van der Waals surface area contributed by atoms with E-state index in [1.165, 1.54) is 22.0 Å². The van der Waals surface area contributed by atoms with E-state index in [0.717, 1.165) is 11.3 Å². The minimum absolute atomic E-state index is 0.0540. The number of hydrogen-bond acceptors (Lipinski definition) is 12. The molecule has 0 bridgehead atoms. The molecule has 2 aliphatic heterocycles. The molecule has 3 amide bonds. The Balaban J connectivity index is 1.68. The molecule has 200 valence electrons. The van der Waals surface area contributed by atoms with Gasteiger partial charge in [0.15, 0.2) is 10.8 Å². The van der Waals surface area contributed by atoms with Gasteiger partial charge in [0.1, 0.15) is 29.4 Å². The van der Waals surface area contributed by atoms with E-state index in [1.54, 1.807) is 34.6 Å². The van der Waals surface area contributed by atoms with Crippen LogP contribution in [0.1, 0.15) is 40.3 Å². The van der Waals surface area contributed by atoms with Gasteiger partial charge >= 0.3 is 11.9 Å². The van der Waals surface area contributed by atoms with Crippen molar-refractivity contribution >= 4 is 64.1 Å². The fourth-order valence-corrected chi connectivity index (χ4v) is 5.17. The number of ether oxygens (including phenoxy) is 2. The number of carbonyl (C=O) groups excluding carboxylic acids is 5. The van der Waals surface area contributed by atoms with Crippen molar-refractivity contribution in [3.63, 3.8) is 0 Å². The Kier molecular flexibility index (Phi) is 8.91. The number of amides is 3. The summed E-state index contributed by atoms with van der Waals surface area (Å²) >= 11 is 2.46. The molecule has 1 aromatic heterocycles. The third-order valence-electron chi connectivity index (χ3n) is 5.06. The standard InChI is InChI=1S/C22H27N5O8S2/c1-6-35-26-13(12-8-37-21(24-12)23-9-28)16(29)25-14-17(30)27-15(11(2)7-36-18(14)27)19(31)33-10-34-20(32)22(3,4)5/h8-9,14,18H,6-7,10H2,1-5H3,(H,25,29)(H,23,24,28)/t14?,18-/m0/s1. The quantitative estimate of drug-likeness (QED) is 0.107. The largest absolute Gasteiger partial charge is 0.427 e. The van der Waals surface area contributed by atoms with Crippen molar-refractivity contribution < 1.29 is 38.3 Å². The molecule has 13 nitrogen and oxygen atoms in total. The Labute approximate surface area is 221 Å². The van der Waals surface area contributed by atoms with E-state index >= 15 is 0 Å². The van der Waals surface area contributed by atoms with Gasteiger partial charge in [0.05, 0.1) is 5.41 Å². The maximum absolute atomic E-state index is 13.0. The van der Waals surface area contributed by atoms with Crippen molar-refractivity contribution in [1.82, 2.24) is 15.2 Å². The Morgan fingerprint density at radius 2 is 2.03 bits per heavy atom. The number of fused-ring (bicyclic) bond motifs is 1. The first-order chi connectivity index (χ1) is 17.5. The van der Waals surface area contributed by atoms with Gasteiger partial charge in [-0.1, -0.05) is 5.16 Å². The van der Waals surface area contributed by atoms with Crippen LogP contribution < -0.4 is 10.6 Å². The van der Waals surface area contributed by atoms with Crippen LogP contribution in [0.25, 0.3) is 0 Å². The number of hydrogen-bond donors (Lipinski definition) is 2. The molecule has 2 N–H and O–H groups in total. The predicted octanol–water partition coefficient (Wildman–Crippen LogP) is 1.22. The molecule has 15 heteroatoms. The van der Waals surface area contributed by atoms with Crippen molar-refractivity contribution in [3.05, 3.63) is 22.3 Å². The van der Waals surface area contributed by atoms with Crippen LogP contribution >= 0.6 is 23.1 Å². The second-order valence-corrected chi connectivity index (χ2v) is 10.8. The van der Waals surface area contributed by atoms with E-state index in [0.29, 0.717) is 17.7 Å². The summed E-state index contributed by atoms with van der Waals surface area (Å²) in [6, 6.07) is -0.940. The number of thioether (sulfide) groups is 1. The number of carbonyl (C=O) groups is 5. The molecular weight excluding hydrogens is 526 g/mol.